The topological polar surface area (TPSA) is 76.2 Å². The van der Waals surface area contributed by atoms with Gasteiger partial charge >= 0.3 is 0 Å². The summed E-state index contributed by atoms with van der Waals surface area (Å²) >= 11 is 16.0. The summed E-state index contributed by atoms with van der Waals surface area (Å²) in [4.78, 5) is 43.6. The highest BCUT2D eigenvalue weighted by Gasteiger charge is 2.34. The third-order valence-corrected chi connectivity index (χ3v) is 7.73. The smallest absolute Gasteiger partial charge is 0.262 e. The van der Waals surface area contributed by atoms with Crippen molar-refractivity contribution in [3.8, 4) is 11.5 Å². The minimum Gasteiger partial charge on any atom is -0.497 e. The zero-order valence-corrected chi connectivity index (χ0v) is 23.9. The molecule has 5 rings (SSSR count). The number of imide groups is 1. The number of benzene rings is 4. The number of rotatable bonds is 7. The van der Waals surface area contributed by atoms with Crippen molar-refractivity contribution in [3.63, 3.8) is 0 Å². The highest BCUT2D eigenvalue weighted by atomic mass is 79.9. The summed E-state index contributed by atoms with van der Waals surface area (Å²) in [6.07, 6.45) is 0. The molecule has 4 aromatic rings. The second kappa shape index (κ2) is 10.9. The number of nitrogens with zero attached hydrogens (tertiary/aromatic N) is 2. The first-order valence-corrected chi connectivity index (χ1v) is 13.4. The molecule has 3 amide bonds. The minimum atomic E-state index is -0.479. The monoisotopic (exact) mass is 626 g/mol. The van der Waals surface area contributed by atoms with Gasteiger partial charge in [0.15, 0.2) is 0 Å². The Morgan fingerprint density at radius 1 is 0.923 bits per heavy atom. The molecule has 0 saturated carbocycles. The number of hydrogen-bond acceptors (Lipinski definition) is 5. The van der Waals surface area contributed by atoms with Gasteiger partial charge < -0.3 is 14.4 Å². The Morgan fingerprint density at radius 3 is 2.36 bits per heavy atom. The fraction of sp³-hybridized carbons (Fsp3) is 0.138. The minimum absolute atomic E-state index is 0.0153. The van der Waals surface area contributed by atoms with E-state index in [4.69, 9.17) is 32.7 Å². The molecule has 39 heavy (non-hydrogen) atoms. The molecule has 0 aliphatic carbocycles. The molecule has 198 valence electrons. The van der Waals surface area contributed by atoms with E-state index >= 15 is 0 Å². The first-order chi connectivity index (χ1) is 18.7. The zero-order valence-electron chi connectivity index (χ0n) is 20.8. The lowest BCUT2D eigenvalue weighted by molar-refractivity contribution is 0.0611. The SMILES string of the molecule is COc1cccc(N(CCN2C(=O)c3cccc4c(Br)ccc(c34)C2=O)C(=O)c2cc(Cl)cc(Cl)c2OC)c1. The predicted octanol–water partition coefficient (Wildman–Crippen LogP) is 6.87. The van der Waals surface area contributed by atoms with Crippen LogP contribution in [0.1, 0.15) is 31.1 Å². The number of halogens is 3. The maximum atomic E-state index is 13.9. The Labute approximate surface area is 242 Å². The van der Waals surface area contributed by atoms with Gasteiger partial charge in [-0.2, -0.15) is 0 Å². The Balaban J connectivity index is 1.53. The van der Waals surface area contributed by atoms with Crippen LogP contribution in [-0.2, 0) is 0 Å². The summed E-state index contributed by atoms with van der Waals surface area (Å²) < 4.78 is 11.6. The molecule has 1 aliphatic rings. The lowest BCUT2D eigenvalue weighted by atomic mass is 9.94. The number of hydrogen-bond donors (Lipinski definition) is 0. The molecule has 7 nitrogen and oxygen atoms in total. The number of anilines is 1. The number of ether oxygens (including phenoxy) is 2. The van der Waals surface area contributed by atoms with Crippen molar-refractivity contribution in [2.45, 2.75) is 0 Å². The highest BCUT2D eigenvalue weighted by Crippen LogP contribution is 2.36. The summed E-state index contributed by atoms with van der Waals surface area (Å²) in [7, 11) is 2.93. The van der Waals surface area contributed by atoms with Crippen molar-refractivity contribution >= 4 is 73.3 Å². The maximum Gasteiger partial charge on any atom is 0.262 e. The summed E-state index contributed by atoms with van der Waals surface area (Å²) in [5.41, 5.74) is 1.46. The van der Waals surface area contributed by atoms with Crippen molar-refractivity contribution in [1.29, 1.82) is 0 Å². The first-order valence-electron chi connectivity index (χ1n) is 11.8. The maximum absolute atomic E-state index is 13.9. The number of methoxy groups -OCH3 is 2. The second-order valence-corrected chi connectivity index (χ2v) is 10.4. The molecule has 0 N–H and O–H groups in total. The molecular formula is C29H21BrCl2N2O5. The van der Waals surface area contributed by atoms with Gasteiger partial charge in [0.2, 0.25) is 0 Å². The Hall–Kier alpha value is -3.59. The number of carbonyl (C=O) groups is 3. The molecule has 0 aromatic heterocycles. The fourth-order valence-electron chi connectivity index (χ4n) is 4.71. The van der Waals surface area contributed by atoms with Crippen LogP contribution < -0.4 is 14.4 Å². The van der Waals surface area contributed by atoms with Gasteiger partial charge in [0.05, 0.1) is 24.8 Å². The fourth-order valence-corrected chi connectivity index (χ4v) is 5.75. The van der Waals surface area contributed by atoms with E-state index in [1.165, 1.54) is 31.3 Å². The van der Waals surface area contributed by atoms with Crippen LogP contribution in [0.25, 0.3) is 10.8 Å². The van der Waals surface area contributed by atoms with Crippen molar-refractivity contribution in [2.24, 2.45) is 0 Å². The van der Waals surface area contributed by atoms with Crippen molar-refractivity contribution in [2.75, 3.05) is 32.2 Å². The zero-order chi connectivity index (χ0) is 27.8. The summed E-state index contributed by atoms with van der Waals surface area (Å²) in [6, 6.07) is 18.7. The van der Waals surface area contributed by atoms with E-state index in [1.807, 2.05) is 6.07 Å². The van der Waals surface area contributed by atoms with Crippen LogP contribution in [0.5, 0.6) is 11.5 Å². The van der Waals surface area contributed by atoms with Crippen molar-refractivity contribution in [1.82, 2.24) is 4.90 Å². The normalized spacial score (nSPS) is 12.6. The summed E-state index contributed by atoms with van der Waals surface area (Å²) in [5.74, 6) is -0.656. The standard InChI is InChI=1S/C29H21BrCl2N2O5/c1-38-18-6-3-5-17(15-18)33(29(37)22-13-16(31)14-24(32)26(22)39-2)11-12-34-27(35)20-8-4-7-19-23(30)10-9-21(25(19)20)28(34)36/h3-10,13-15H,11-12H2,1-2H3. The highest BCUT2D eigenvalue weighted by molar-refractivity contribution is 9.10. The molecule has 0 radical (unpaired) electrons. The summed E-state index contributed by atoms with van der Waals surface area (Å²) in [5, 5.41) is 1.82. The second-order valence-electron chi connectivity index (χ2n) is 8.71. The van der Waals surface area contributed by atoms with Gasteiger partial charge in [0.1, 0.15) is 11.5 Å². The van der Waals surface area contributed by atoms with Crippen molar-refractivity contribution < 1.29 is 23.9 Å². The molecule has 1 aliphatic heterocycles. The Kier molecular flexibility index (Phi) is 7.53. The van der Waals surface area contributed by atoms with Gasteiger partial charge in [0.25, 0.3) is 17.7 Å². The molecule has 0 atom stereocenters. The van der Waals surface area contributed by atoms with E-state index in [-0.39, 0.29) is 34.4 Å². The lowest BCUT2D eigenvalue weighted by Crippen LogP contribution is -2.46. The van der Waals surface area contributed by atoms with Crippen LogP contribution in [0, 0.1) is 0 Å². The van der Waals surface area contributed by atoms with Crippen LogP contribution in [0.2, 0.25) is 10.0 Å². The van der Waals surface area contributed by atoms with Gasteiger partial charge in [-0.25, -0.2) is 0 Å². The lowest BCUT2D eigenvalue weighted by Gasteiger charge is -2.30. The largest absolute Gasteiger partial charge is 0.497 e. The molecule has 0 unspecified atom stereocenters. The van der Waals surface area contributed by atoms with E-state index < -0.39 is 17.7 Å². The Bertz CT molecular complexity index is 1640. The average Bonchev–Trinajstić information content (AvgIpc) is 2.93. The summed E-state index contributed by atoms with van der Waals surface area (Å²) in [6.45, 7) is -0.0816. The van der Waals surface area contributed by atoms with Crippen LogP contribution >= 0.6 is 39.1 Å². The van der Waals surface area contributed by atoms with Crippen LogP contribution in [0.4, 0.5) is 5.69 Å². The molecule has 0 fully saturated rings. The molecule has 1 heterocycles. The van der Waals surface area contributed by atoms with Crippen molar-refractivity contribution in [3.05, 3.63) is 97.9 Å². The van der Waals surface area contributed by atoms with Crippen LogP contribution in [-0.4, -0.2) is 49.9 Å². The van der Waals surface area contributed by atoms with Gasteiger partial charge in [-0.3, -0.25) is 19.3 Å². The van der Waals surface area contributed by atoms with Gasteiger partial charge in [0, 0.05) is 50.9 Å². The predicted molar refractivity (Wildman–Crippen MR) is 155 cm³/mol. The average molecular weight is 628 g/mol. The van der Waals surface area contributed by atoms with E-state index in [9.17, 15) is 14.4 Å². The third kappa shape index (κ3) is 4.84. The molecule has 0 spiro atoms. The quantitative estimate of drug-likeness (QED) is 0.209. The molecule has 0 bridgehead atoms. The van der Waals surface area contributed by atoms with Gasteiger partial charge in [-0.1, -0.05) is 57.3 Å². The molecular weight excluding hydrogens is 607 g/mol. The number of carbonyl (C=O) groups excluding carboxylic acids is 3. The molecule has 0 saturated heterocycles. The first kappa shape index (κ1) is 27.0. The number of amides is 3. The van der Waals surface area contributed by atoms with Gasteiger partial charge in [-0.15, -0.1) is 0 Å². The van der Waals surface area contributed by atoms with Gasteiger partial charge in [-0.05, 0) is 47.9 Å². The van der Waals surface area contributed by atoms with E-state index in [0.29, 0.717) is 28.0 Å². The molecule has 10 heteroatoms. The van der Waals surface area contributed by atoms with Crippen LogP contribution in [0.3, 0.4) is 0 Å². The third-order valence-electron chi connectivity index (χ3n) is 6.54. The Morgan fingerprint density at radius 2 is 1.64 bits per heavy atom. The van der Waals surface area contributed by atoms with E-state index in [0.717, 1.165) is 14.8 Å². The van der Waals surface area contributed by atoms with E-state index in [2.05, 4.69) is 15.9 Å². The van der Waals surface area contributed by atoms with Crippen LogP contribution in [0.15, 0.2) is 71.2 Å². The van der Waals surface area contributed by atoms with E-state index in [1.54, 1.807) is 48.5 Å². The molecule has 4 aromatic carbocycles.